The van der Waals surface area contributed by atoms with E-state index in [9.17, 15) is 4.79 Å². The molecule has 0 spiro atoms. The fourth-order valence-corrected chi connectivity index (χ4v) is 4.07. The zero-order valence-electron chi connectivity index (χ0n) is 15.2. The van der Waals surface area contributed by atoms with Crippen LogP contribution in [0.3, 0.4) is 0 Å². The van der Waals surface area contributed by atoms with E-state index in [-0.39, 0.29) is 11.3 Å². The van der Waals surface area contributed by atoms with Crippen molar-refractivity contribution in [1.29, 1.82) is 0 Å². The van der Waals surface area contributed by atoms with Crippen molar-refractivity contribution in [2.75, 3.05) is 31.1 Å². The zero-order chi connectivity index (χ0) is 18.3. The summed E-state index contributed by atoms with van der Waals surface area (Å²) in [5.74, 6) is 1.01. The Morgan fingerprint density at radius 2 is 1.96 bits per heavy atom. The Kier molecular flexibility index (Phi) is 4.14. The minimum atomic E-state index is -0.144. The number of H-pyrrole nitrogens is 1. The van der Waals surface area contributed by atoms with Crippen molar-refractivity contribution in [2.45, 2.75) is 26.2 Å². The summed E-state index contributed by atoms with van der Waals surface area (Å²) in [6.45, 7) is 9.10. The van der Waals surface area contributed by atoms with E-state index in [1.54, 1.807) is 23.9 Å². The number of aromatic amines is 1. The van der Waals surface area contributed by atoms with E-state index in [0.29, 0.717) is 18.7 Å². The van der Waals surface area contributed by atoms with Crippen molar-refractivity contribution in [2.24, 2.45) is 0 Å². The molecule has 0 aromatic carbocycles. The number of aromatic nitrogens is 4. The molecule has 4 rings (SSSR count). The second-order valence-corrected chi connectivity index (χ2v) is 8.42. The molecule has 1 amide bonds. The summed E-state index contributed by atoms with van der Waals surface area (Å²) in [6, 6.07) is 2.06. The topological polar surface area (TPSA) is 78.0 Å². The molecular formula is C18H22N6OS. The van der Waals surface area contributed by atoms with Gasteiger partial charge in [-0.1, -0.05) is 20.8 Å². The van der Waals surface area contributed by atoms with Crippen LogP contribution in [0.5, 0.6) is 0 Å². The number of hydrogen-bond acceptors (Lipinski definition) is 6. The van der Waals surface area contributed by atoms with Crippen molar-refractivity contribution < 1.29 is 4.79 Å². The Morgan fingerprint density at radius 1 is 1.19 bits per heavy atom. The Bertz CT molecular complexity index is 932. The first kappa shape index (κ1) is 17.0. The van der Waals surface area contributed by atoms with E-state index in [1.807, 2.05) is 10.3 Å². The minimum Gasteiger partial charge on any atom is -0.352 e. The van der Waals surface area contributed by atoms with Gasteiger partial charge in [0.25, 0.3) is 5.91 Å². The van der Waals surface area contributed by atoms with Crippen LogP contribution in [0.15, 0.2) is 24.0 Å². The van der Waals surface area contributed by atoms with E-state index in [2.05, 4.69) is 51.9 Å². The van der Waals surface area contributed by atoms with E-state index in [4.69, 9.17) is 0 Å². The van der Waals surface area contributed by atoms with Gasteiger partial charge in [0, 0.05) is 31.6 Å². The van der Waals surface area contributed by atoms with Crippen molar-refractivity contribution in [3.63, 3.8) is 0 Å². The number of hydrogen-bond donors (Lipinski definition) is 1. The number of carbonyl (C=O) groups is 1. The predicted octanol–water partition coefficient (Wildman–Crippen LogP) is 2.67. The molecule has 1 saturated heterocycles. The first-order chi connectivity index (χ1) is 12.4. The molecule has 136 valence electrons. The lowest BCUT2D eigenvalue weighted by molar-refractivity contribution is 0.0744. The van der Waals surface area contributed by atoms with E-state index in [1.165, 1.54) is 0 Å². The first-order valence-corrected chi connectivity index (χ1v) is 9.59. The summed E-state index contributed by atoms with van der Waals surface area (Å²) < 4.78 is 0. The van der Waals surface area contributed by atoms with E-state index in [0.717, 1.165) is 34.8 Å². The largest absolute Gasteiger partial charge is 0.352 e. The van der Waals surface area contributed by atoms with Crippen LogP contribution in [0.25, 0.3) is 10.2 Å². The monoisotopic (exact) mass is 370 g/mol. The Labute approximate surface area is 156 Å². The lowest BCUT2D eigenvalue weighted by Crippen LogP contribution is -2.49. The predicted molar refractivity (Wildman–Crippen MR) is 103 cm³/mol. The SMILES string of the molecule is CC(C)(C)c1[nH]ncc1C(=O)N1CCN(c2ncnc3sccc23)CC1. The number of anilines is 1. The fourth-order valence-electron chi connectivity index (χ4n) is 3.34. The maximum absolute atomic E-state index is 13.0. The second-order valence-electron chi connectivity index (χ2n) is 7.52. The molecule has 3 aromatic rings. The third kappa shape index (κ3) is 2.94. The fraction of sp³-hybridized carbons (Fsp3) is 0.444. The van der Waals surface area contributed by atoms with Crippen LogP contribution in [0.2, 0.25) is 0 Å². The number of rotatable bonds is 2. The molecule has 0 bridgehead atoms. The van der Waals surface area contributed by atoms with Crippen molar-refractivity contribution in [1.82, 2.24) is 25.1 Å². The van der Waals surface area contributed by atoms with Crippen molar-refractivity contribution in [3.8, 4) is 0 Å². The smallest absolute Gasteiger partial charge is 0.257 e. The lowest BCUT2D eigenvalue weighted by Gasteiger charge is -2.35. The van der Waals surface area contributed by atoms with Gasteiger partial charge in [0.2, 0.25) is 0 Å². The molecule has 0 radical (unpaired) electrons. The van der Waals surface area contributed by atoms with E-state index >= 15 is 0 Å². The number of amides is 1. The Morgan fingerprint density at radius 3 is 2.69 bits per heavy atom. The number of fused-ring (bicyclic) bond motifs is 1. The molecular weight excluding hydrogens is 348 g/mol. The quantitative estimate of drug-likeness (QED) is 0.750. The van der Waals surface area contributed by atoms with Gasteiger partial charge in [-0.3, -0.25) is 9.89 Å². The van der Waals surface area contributed by atoms with Gasteiger partial charge in [0.15, 0.2) is 0 Å². The molecule has 7 nitrogen and oxygen atoms in total. The van der Waals surface area contributed by atoms with E-state index < -0.39 is 0 Å². The highest BCUT2D eigenvalue weighted by Gasteiger charge is 2.29. The summed E-state index contributed by atoms with van der Waals surface area (Å²) >= 11 is 1.62. The highest BCUT2D eigenvalue weighted by Crippen LogP contribution is 2.28. The zero-order valence-corrected chi connectivity index (χ0v) is 16.0. The van der Waals surface area contributed by atoms with Gasteiger partial charge in [-0.2, -0.15) is 5.10 Å². The normalized spacial score (nSPS) is 15.7. The van der Waals surface area contributed by atoms with Crippen LogP contribution >= 0.6 is 11.3 Å². The molecule has 8 heteroatoms. The number of nitrogens with one attached hydrogen (secondary N) is 1. The molecule has 26 heavy (non-hydrogen) atoms. The summed E-state index contributed by atoms with van der Waals surface area (Å²) in [4.78, 5) is 26.9. The molecule has 1 aliphatic rings. The summed E-state index contributed by atoms with van der Waals surface area (Å²) in [5.41, 5.74) is 1.42. The summed E-state index contributed by atoms with van der Waals surface area (Å²) in [7, 11) is 0. The van der Waals surface area contributed by atoms with Gasteiger partial charge in [0.05, 0.1) is 22.8 Å². The average molecular weight is 370 g/mol. The van der Waals surface area contributed by atoms with Gasteiger partial charge >= 0.3 is 0 Å². The lowest BCUT2D eigenvalue weighted by atomic mass is 9.89. The molecule has 0 saturated carbocycles. The van der Waals surface area contributed by atoms with Crippen LogP contribution < -0.4 is 4.90 Å². The third-order valence-corrected chi connectivity index (χ3v) is 5.55. The number of nitrogens with zero attached hydrogens (tertiary/aromatic N) is 5. The molecule has 0 aliphatic carbocycles. The van der Waals surface area contributed by atoms with Gasteiger partial charge in [-0.25, -0.2) is 9.97 Å². The van der Waals surface area contributed by atoms with Crippen LogP contribution in [0.4, 0.5) is 5.82 Å². The minimum absolute atomic E-state index is 0.0479. The molecule has 4 heterocycles. The highest BCUT2D eigenvalue weighted by atomic mass is 32.1. The summed E-state index contributed by atoms with van der Waals surface area (Å²) in [5, 5.41) is 10.2. The second kappa shape index (κ2) is 6.35. The van der Waals surface area contributed by atoms with Crippen LogP contribution in [0.1, 0.15) is 36.8 Å². The molecule has 1 N–H and O–H groups in total. The van der Waals surface area contributed by atoms with Crippen LogP contribution in [-0.2, 0) is 5.41 Å². The highest BCUT2D eigenvalue weighted by molar-refractivity contribution is 7.16. The van der Waals surface area contributed by atoms with Crippen LogP contribution in [0, 0.1) is 0 Å². The standard InChI is InChI=1S/C18H22N6OS/c1-18(2,3)14-13(10-21-22-14)17(25)24-7-5-23(6-8-24)15-12-4-9-26-16(12)20-11-19-15/h4,9-11H,5-8H2,1-3H3,(H,21,22). The number of piperazine rings is 1. The molecule has 0 atom stereocenters. The van der Waals surface area contributed by atoms with Gasteiger partial charge in [-0.05, 0) is 11.4 Å². The maximum atomic E-state index is 13.0. The van der Waals surface area contributed by atoms with Crippen molar-refractivity contribution >= 4 is 33.3 Å². The molecule has 0 unspecified atom stereocenters. The Balaban J connectivity index is 1.50. The average Bonchev–Trinajstić information content (AvgIpc) is 3.29. The van der Waals surface area contributed by atoms with Gasteiger partial charge < -0.3 is 9.80 Å². The van der Waals surface area contributed by atoms with Gasteiger partial charge in [-0.15, -0.1) is 11.3 Å². The van der Waals surface area contributed by atoms with Crippen molar-refractivity contribution in [3.05, 3.63) is 35.2 Å². The van der Waals surface area contributed by atoms with Crippen LogP contribution in [-0.4, -0.2) is 57.2 Å². The molecule has 3 aromatic heterocycles. The summed E-state index contributed by atoms with van der Waals surface area (Å²) in [6.07, 6.45) is 3.27. The maximum Gasteiger partial charge on any atom is 0.257 e. The van der Waals surface area contributed by atoms with Gasteiger partial charge in [0.1, 0.15) is 17.0 Å². The molecule has 1 aliphatic heterocycles. The number of carbonyl (C=O) groups excluding carboxylic acids is 1. The Hall–Kier alpha value is -2.48. The first-order valence-electron chi connectivity index (χ1n) is 8.71. The third-order valence-electron chi connectivity index (χ3n) is 4.73. The molecule has 1 fully saturated rings. The number of thiophene rings is 1.